The summed E-state index contributed by atoms with van der Waals surface area (Å²) in [5, 5.41) is 16.0. The monoisotopic (exact) mass is 245 g/mol. The SMILES string of the molecule is CC(Cl)C(=O)NCC(C)(O)c1cnn(C)c1. The molecule has 1 aromatic heterocycles. The minimum Gasteiger partial charge on any atom is -0.383 e. The van der Waals surface area contributed by atoms with E-state index in [2.05, 4.69) is 10.4 Å². The Morgan fingerprint density at radius 1 is 1.81 bits per heavy atom. The number of nitrogens with zero attached hydrogens (tertiary/aromatic N) is 2. The van der Waals surface area contributed by atoms with Crippen molar-refractivity contribution in [1.29, 1.82) is 0 Å². The van der Waals surface area contributed by atoms with Crippen molar-refractivity contribution in [1.82, 2.24) is 15.1 Å². The summed E-state index contributed by atoms with van der Waals surface area (Å²) in [7, 11) is 1.76. The second-order valence-corrected chi connectivity index (χ2v) is 4.66. The summed E-state index contributed by atoms with van der Waals surface area (Å²) in [5.41, 5.74) is -0.493. The Morgan fingerprint density at radius 2 is 2.44 bits per heavy atom. The third kappa shape index (κ3) is 3.21. The van der Waals surface area contributed by atoms with Gasteiger partial charge in [-0.1, -0.05) is 0 Å². The van der Waals surface area contributed by atoms with E-state index in [1.807, 2.05) is 0 Å². The Bertz CT molecular complexity index is 374. The molecule has 0 saturated heterocycles. The zero-order chi connectivity index (χ0) is 12.3. The number of hydrogen-bond donors (Lipinski definition) is 2. The summed E-state index contributed by atoms with van der Waals surface area (Å²) in [6, 6.07) is 0. The molecule has 1 heterocycles. The molecular formula is C10H16ClN3O2. The standard InChI is InChI=1S/C10H16ClN3O2/c1-7(11)9(15)12-6-10(2,16)8-4-13-14(3)5-8/h4-5,7,16H,6H2,1-3H3,(H,12,15). The maximum absolute atomic E-state index is 11.3. The van der Waals surface area contributed by atoms with Crippen LogP contribution in [0, 0.1) is 0 Å². The smallest absolute Gasteiger partial charge is 0.237 e. The molecule has 0 aromatic carbocycles. The van der Waals surface area contributed by atoms with Gasteiger partial charge in [0.25, 0.3) is 0 Å². The lowest BCUT2D eigenvalue weighted by Gasteiger charge is -2.22. The lowest BCUT2D eigenvalue weighted by molar-refractivity contribution is -0.121. The Hall–Kier alpha value is -1.07. The van der Waals surface area contributed by atoms with Crippen LogP contribution in [0.15, 0.2) is 12.4 Å². The molecule has 0 fully saturated rings. The molecule has 5 nitrogen and oxygen atoms in total. The summed E-state index contributed by atoms with van der Waals surface area (Å²) in [6.45, 7) is 3.30. The van der Waals surface area contributed by atoms with Crippen LogP contribution >= 0.6 is 11.6 Å². The molecule has 6 heteroatoms. The fraction of sp³-hybridized carbons (Fsp3) is 0.600. The predicted molar refractivity (Wildman–Crippen MR) is 61.1 cm³/mol. The van der Waals surface area contributed by atoms with Crippen LogP contribution < -0.4 is 5.32 Å². The molecule has 2 unspecified atom stereocenters. The highest BCUT2D eigenvalue weighted by Crippen LogP contribution is 2.18. The third-order valence-electron chi connectivity index (χ3n) is 2.29. The zero-order valence-corrected chi connectivity index (χ0v) is 10.3. The maximum atomic E-state index is 11.3. The quantitative estimate of drug-likeness (QED) is 0.754. The minimum absolute atomic E-state index is 0.106. The molecule has 0 spiro atoms. The van der Waals surface area contributed by atoms with E-state index in [-0.39, 0.29) is 12.5 Å². The van der Waals surface area contributed by atoms with Crippen LogP contribution in [0.3, 0.4) is 0 Å². The number of hydrogen-bond acceptors (Lipinski definition) is 3. The normalized spacial score (nSPS) is 16.6. The summed E-state index contributed by atoms with van der Waals surface area (Å²) in [4.78, 5) is 11.3. The van der Waals surface area contributed by atoms with E-state index in [1.165, 1.54) is 0 Å². The average molecular weight is 246 g/mol. The first-order valence-corrected chi connectivity index (χ1v) is 5.40. The number of rotatable bonds is 4. The largest absolute Gasteiger partial charge is 0.383 e. The molecule has 0 aliphatic carbocycles. The number of carbonyl (C=O) groups excluding carboxylic acids is 1. The molecule has 0 aliphatic rings. The highest BCUT2D eigenvalue weighted by Gasteiger charge is 2.25. The zero-order valence-electron chi connectivity index (χ0n) is 9.57. The van der Waals surface area contributed by atoms with Gasteiger partial charge in [-0.25, -0.2) is 0 Å². The summed E-state index contributed by atoms with van der Waals surface area (Å²) in [6.07, 6.45) is 3.27. The lowest BCUT2D eigenvalue weighted by Crippen LogP contribution is -2.40. The number of nitrogens with one attached hydrogen (secondary N) is 1. The van der Waals surface area contributed by atoms with Gasteiger partial charge in [-0.3, -0.25) is 9.48 Å². The number of aryl methyl sites for hydroxylation is 1. The molecule has 0 aliphatic heterocycles. The molecule has 2 N–H and O–H groups in total. The summed E-state index contributed by atoms with van der Waals surface area (Å²) < 4.78 is 1.59. The Balaban J connectivity index is 2.62. The van der Waals surface area contributed by atoms with Crippen molar-refractivity contribution in [2.24, 2.45) is 7.05 Å². The van der Waals surface area contributed by atoms with Crippen molar-refractivity contribution in [3.8, 4) is 0 Å². The van der Waals surface area contributed by atoms with Gasteiger partial charge in [0.1, 0.15) is 11.0 Å². The van der Waals surface area contributed by atoms with Gasteiger partial charge in [0.2, 0.25) is 5.91 Å². The third-order valence-corrected chi connectivity index (χ3v) is 2.49. The van der Waals surface area contributed by atoms with E-state index in [0.29, 0.717) is 5.56 Å². The molecule has 1 aromatic rings. The molecule has 0 radical (unpaired) electrons. The number of aromatic nitrogens is 2. The van der Waals surface area contributed by atoms with E-state index >= 15 is 0 Å². The van der Waals surface area contributed by atoms with Crippen LogP contribution in [0.4, 0.5) is 0 Å². The van der Waals surface area contributed by atoms with Gasteiger partial charge in [-0.2, -0.15) is 5.10 Å². The fourth-order valence-corrected chi connectivity index (χ4v) is 1.28. The van der Waals surface area contributed by atoms with Crippen LogP contribution in [0.1, 0.15) is 19.4 Å². The van der Waals surface area contributed by atoms with Gasteiger partial charge in [0.15, 0.2) is 0 Å². The molecule has 1 rings (SSSR count). The van der Waals surface area contributed by atoms with Crippen LogP contribution in [-0.2, 0) is 17.4 Å². The van der Waals surface area contributed by atoms with Crippen molar-refractivity contribution < 1.29 is 9.90 Å². The molecule has 2 atom stereocenters. The second kappa shape index (κ2) is 4.84. The Morgan fingerprint density at radius 3 is 2.88 bits per heavy atom. The maximum Gasteiger partial charge on any atom is 0.237 e. The molecule has 0 bridgehead atoms. The van der Waals surface area contributed by atoms with E-state index in [4.69, 9.17) is 11.6 Å². The number of amides is 1. The molecule has 0 saturated carbocycles. The fourth-order valence-electron chi connectivity index (χ4n) is 1.20. The van der Waals surface area contributed by atoms with Crippen LogP contribution in [0.2, 0.25) is 0 Å². The number of alkyl halides is 1. The van der Waals surface area contributed by atoms with E-state index in [0.717, 1.165) is 0 Å². The Labute approximate surface area is 99.4 Å². The lowest BCUT2D eigenvalue weighted by atomic mass is 10.00. The predicted octanol–water partition coefficient (Wildman–Crippen LogP) is 0.371. The van der Waals surface area contributed by atoms with Crippen molar-refractivity contribution >= 4 is 17.5 Å². The van der Waals surface area contributed by atoms with E-state index in [1.54, 1.807) is 38.0 Å². The van der Waals surface area contributed by atoms with Crippen LogP contribution in [0.5, 0.6) is 0 Å². The first-order valence-electron chi connectivity index (χ1n) is 4.96. The first kappa shape index (κ1) is 13.0. The van der Waals surface area contributed by atoms with E-state index < -0.39 is 11.0 Å². The van der Waals surface area contributed by atoms with Crippen molar-refractivity contribution in [3.05, 3.63) is 18.0 Å². The van der Waals surface area contributed by atoms with Gasteiger partial charge in [-0.15, -0.1) is 11.6 Å². The Kier molecular flexibility index (Phi) is 3.93. The van der Waals surface area contributed by atoms with Crippen LogP contribution in [-0.4, -0.2) is 32.7 Å². The van der Waals surface area contributed by atoms with Gasteiger partial charge in [0.05, 0.1) is 12.7 Å². The summed E-state index contributed by atoms with van der Waals surface area (Å²) in [5.74, 6) is -0.300. The first-order chi connectivity index (χ1) is 7.33. The second-order valence-electron chi connectivity index (χ2n) is 4.01. The van der Waals surface area contributed by atoms with Crippen LogP contribution in [0.25, 0.3) is 0 Å². The number of halogens is 1. The van der Waals surface area contributed by atoms with Gasteiger partial charge in [-0.05, 0) is 13.8 Å². The van der Waals surface area contributed by atoms with Gasteiger partial charge in [0, 0.05) is 18.8 Å². The van der Waals surface area contributed by atoms with Gasteiger partial charge < -0.3 is 10.4 Å². The molecular weight excluding hydrogens is 230 g/mol. The minimum atomic E-state index is -1.14. The van der Waals surface area contributed by atoms with E-state index in [9.17, 15) is 9.90 Å². The molecule has 1 amide bonds. The number of carbonyl (C=O) groups is 1. The number of aliphatic hydroxyl groups is 1. The molecule has 16 heavy (non-hydrogen) atoms. The highest BCUT2D eigenvalue weighted by atomic mass is 35.5. The molecule has 90 valence electrons. The average Bonchev–Trinajstić information content (AvgIpc) is 2.61. The van der Waals surface area contributed by atoms with Crippen molar-refractivity contribution in [3.63, 3.8) is 0 Å². The van der Waals surface area contributed by atoms with Crippen molar-refractivity contribution in [2.75, 3.05) is 6.54 Å². The summed E-state index contributed by atoms with van der Waals surface area (Å²) >= 11 is 5.60. The topological polar surface area (TPSA) is 67.2 Å². The van der Waals surface area contributed by atoms with Crippen molar-refractivity contribution in [2.45, 2.75) is 24.8 Å². The highest BCUT2D eigenvalue weighted by molar-refractivity contribution is 6.30. The van der Waals surface area contributed by atoms with Gasteiger partial charge >= 0.3 is 0 Å².